The normalized spacial score (nSPS) is 24.6. The number of rotatable bonds is 4. The number of esters is 1. The van der Waals surface area contributed by atoms with Crippen LogP contribution in [0.1, 0.15) is 13.8 Å². The number of hydrogen-bond acceptors (Lipinski definition) is 6. The molecular weight excluding hydrogens is 322 g/mol. The topological polar surface area (TPSA) is 72.9 Å². The van der Waals surface area contributed by atoms with Crippen LogP contribution in [0.2, 0.25) is 19.6 Å². The third kappa shape index (κ3) is 3.38. The van der Waals surface area contributed by atoms with E-state index in [9.17, 15) is 14.4 Å². The second kappa shape index (κ2) is 6.08. The summed E-state index contributed by atoms with van der Waals surface area (Å²) in [6.07, 6.45) is 0. The van der Waals surface area contributed by atoms with Crippen molar-refractivity contribution in [2.75, 3.05) is 12.4 Å². The van der Waals surface area contributed by atoms with Gasteiger partial charge in [-0.3, -0.25) is 14.5 Å². The molecule has 2 heterocycles. The second-order valence-electron chi connectivity index (χ2n) is 6.43. The number of carbonyl (C=O) groups is 3. The van der Waals surface area contributed by atoms with Gasteiger partial charge >= 0.3 is 11.9 Å². The van der Waals surface area contributed by atoms with E-state index in [0.29, 0.717) is 11.3 Å². The monoisotopic (exact) mass is 343 g/mol. The van der Waals surface area contributed by atoms with E-state index in [4.69, 9.17) is 9.16 Å². The Morgan fingerprint density at radius 2 is 2.00 bits per heavy atom. The van der Waals surface area contributed by atoms with Crippen molar-refractivity contribution in [1.29, 1.82) is 0 Å². The van der Waals surface area contributed by atoms with Gasteiger partial charge in [0.25, 0.3) is 0 Å². The standard InChI is InChI=1S/C14H21NO5SSi/c1-8-12(17)15-11(14(18)20-22(3,4)5)10(6-19-9(2)16)7-21-13(8)15/h8,13H,6-7H2,1-5H3. The lowest BCUT2D eigenvalue weighted by Crippen LogP contribution is -2.61. The number of thioether (sulfide) groups is 1. The summed E-state index contributed by atoms with van der Waals surface area (Å²) < 4.78 is 10.6. The Bertz CT molecular complexity index is 554. The predicted octanol–water partition coefficient (Wildman–Crippen LogP) is 1.73. The van der Waals surface area contributed by atoms with Gasteiger partial charge in [0, 0.05) is 18.2 Å². The largest absolute Gasteiger partial charge is 0.515 e. The molecule has 8 heteroatoms. The zero-order valence-electron chi connectivity index (χ0n) is 13.5. The Morgan fingerprint density at radius 3 is 2.55 bits per heavy atom. The fourth-order valence-corrected chi connectivity index (χ4v) is 4.37. The first-order chi connectivity index (χ1) is 10.1. The minimum Gasteiger partial charge on any atom is -0.515 e. The molecule has 0 bridgehead atoms. The Hall–Kier alpha value is -1.28. The van der Waals surface area contributed by atoms with E-state index < -0.39 is 20.3 Å². The average Bonchev–Trinajstić information content (AvgIpc) is 2.41. The van der Waals surface area contributed by atoms with E-state index >= 15 is 0 Å². The van der Waals surface area contributed by atoms with E-state index in [1.807, 2.05) is 26.6 Å². The number of carbonyl (C=O) groups excluding carboxylic acids is 3. The summed E-state index contributed by atoms with van der Waals surface area (Å²) in [7, 11) is -2.08. The Kier molecular flexibility index (Phi) is 4.72. The molecule has 2 rings (SSSR count). The molecule has 6 nitrogen and oxygen atoms in total. The maximum Gasteiger partial charge on any atom is 0.341 e. The molecule has 0 aromatic carbocycles. The van der Waals surface area contributed by atoms with Crippen LogP contribution in [0.5, 0.6) is 0 Å². The number of ether oxygens (including phenoxy) is 1. The fourth-order valence-electron chi connectivity index (χ4n) is 2.36. The molecule has 0 spiro atoms. The highest BCUT2D eigenvalue weighted by Crippen LogP contribution is 2.43. The molecule has 1 fully saturated rings. The smallest absolute Gasteiger partial charge is 0.341 e. The lowest BCUT2D eigenvalue weighted by atomic mass is 9.98. The first-order valence-corrected chi connectivity index (χ1v) is 11.6. The summed E-state index contributed by atoms with van der Waals surface area (Å²) in [6, 6.07) is 0. The van der Waals surface area contributed by atoms with Crippen molar-refractivity contribution < 1.29 is 23.5 Å². The molecule has 0 N–H and O–H groups in total. The van der Waals surface area contributed by atoms with Gasteiger partial charge in [-0.05, 0) is 19.6 Å². The van der Waals surface area contributed by atoms with Gasteiger partial charge < -0.3 is 9.16 Å². The quantitative estimate of drug-likeness (QED) is 0.440. The molecular formula is C14H21NO5SSi. The van der Waals surface area contributed by atoms with E-state index in [0.717, 1.165) is 0 Å². The summed E-state index contributed by atoms with van der Waals surface area (Å²) in [5, 5.41) is -0.0298. The average molecular weight is 343 g/mol. The van der Waals surface area contributed by atoms with Crippen LogP contribution in [-0.2, 0) is 23.5 Å². The van der Waals surface area contributed by atoms with Crippen LogP contribution in [0.3, 0.4) is 0 Å². The number of amides is 1. The Labute approximate surface area is 135 Å². The fraction of sp³-hybridized carbons (Fsp3) is 0.643. The van der Waals surface area contributed by atoms with E-state index in [-0.39, 0.29) is 29.5 Å². The van der Waals surface area contributed by atoms with Crippen molar-refractivity contribution in [3.63, 3.8) is 0 Å². The molecule has 122 valence electrons. The molecule has 2 atom stereocenters. The molecule has 0 aromatic rings. The van der Waals surface area contributed by atoms with Crippen molar-refractivity contribution in [3.8, 4) is 0 Å². The van der Waals surface area contributed by atoms with Crippen molar-refractivity contribution in [1.82, 2.24) is 4.90 Å². The first kappa shape index (κ1) is 17.1. The van der Waals surface area contributed by atoms with E-state index in [1.165, 1.54) is 11.8 Å². The molecule has 0 saturated carbocycles. The molecule has 0 radical (unpaired) electrons. The molecule has 22 heavy (non-hydrogen) atoms. The Morgan fingerprint density at radius 1 is 1.36 bits per heavy atom. The highest BCUT2D eigenvalue weighted by Gasteiger charge is 2.51. The summed E-state index contributed by atoms with van der Waals surface area (Å²) in [5.41, 5.74) is 0.912. The maximum absolute atomic E-state index is 12.5. The van der Waals surface area contributed by atoms with Crippen LogP contribution >= 0.6 is 11.8 Å². The van der Waals surface area contributed by atoms with Gasteiger partial charge in [-0.25, -0.2) is 4.79 Å². The molecule has 0 aliphatic carbocycles. The summed E-state index contributed by atoms with van der Waals surface area (Å²) in [6.45, 7) is 8.92. The molecule has 1 saturated heterocycles. The predicted molar refractivity (Wildman–Crippen MR) is 85.4 cm³/mol. The zero-order valence-corrected chi connectivity index (χ0v) is 15.3. The van der Waals surface area contributed by atoms with Crippen LogP contribution < -0.4 is 0 Å². The molecule has 2 aliphatic rings. The SMILES string of the molecule is CC(=O)OCC1=C(C(=O)O[Si](C)(C)C)N2C(=O)C(C)C2SC1. The van der Waals surface area contributed by atoms with Crippen LogP contribution in [0, 0.1) is 5.92 Å². The minimum atomic E-state index is -2.08. The summed E-state index contributed by atoms with van der Waals surface area (Å²) in [4.78, 5) is 37.2. The highest BCUT2D eigenvalue weighted by molar-refractivity contribution is 8.00. The van der Waals surface area contributed by atoms with Gasteiger partial charge in [-0.1, -0.05) is 6.92 Å². The third-order valence-electron chi connectivity index (χ3n) is 3.36. The van der Waals surface area contributed by atoms with Crippen LogP contribution in [-0.4, -0.2) is 48.8 Å². The Balaban J connectivity index is 2.30. The number of fused-ring (bicyclic) bond motifs is 1. The minimum absolute atomic E-state index is 0.0172. The van der Waals surface area contributed by atoms with Crippen molar-refractivity contribution in [2.45, 2.75) is 38.9 Å². The molecule has 1 amide bonds. The highest BCUT2D eigenvalue weighted by atomic mass is 32.2. The third-order valence-corrected chi connectivity index (χ3v) is 5.63. The van der Waals surface area contributed by atoms with Gasteiger partial charge in [0.2, 0.25) is 14.2 Å². The zero-order chi connectivity index (χ0) is 16.7. The van der Waals surface area contributed by atoms with Crippen LogP contribution in [0.25, 0.3) is 0 Å². The van der Waals surface area contributed by atoms with Gasteiger partial charge in [0.05, 0.1) is 11.3 Å². The number of nitrogens with zero attached hydrogens (tertiary/aromatic N) is 1. The maximum atomic E-state index is 12.5. The van der Waals surface area contributed by atoms with E-state index in [1.54, 1.807) is 11.8 Å². The summed E-state index contributed by atoms with van der Waals surface area (Å²) in [5.74, 6) is -0.523. The first-order valence-electron chi connectivity index (χ1n) is 7.15. The van der Waals surface area contributed by atoms with Gasteiger partial charge in [0.1, 0.15) is 12.3 Å². The number of hydrogen-bond donors (Lipinski definition) is 0. The van der Waals surface area contributed by atoms with Crippen LogP contribution in [0.4, 0.5) is 0 Å². The van der Waals surface area contributed by atoms with Gasteiger partial charge in [-0.2, -0.15) is 0 Å². The van der Waals surface area contributed by atoms with Crippen LogP contribution in [0.15, 0.2) is 11.3 Å². The summed E-state index contributed by atoms with van der Waals surface area (Å²) >= 11 is 1.58. The van der Waals surface area contributed by atoms with Crippen molar-refractivity contribution >= 4 is 37.9 Å². The lowest BCUT2D eigenvalue weighted by molar-refractivity contribution is -0.151. The molecule has 2 aliphatic heterocycles. The van der Waals surface area contributed by atoms with Crippen molar-refractivity contribution in [3.05, 3.63) is 11.3 Å². The van der Waals surface area contributed by atoms with Gasteiger partial charge in [-0.15, -0.1) is 11.8 Å². The number of β-lactam (4-membered cyclic amide) rings is 1. The second-order valence-corrected chi connectivity index (χ2v) is 12.0. The van der Waals surface area contributed by atoms with Gasteiger partial charge in [0.15, 0.2) is 0 Å². The molecule has 0 aromatic heterocycles. The van der Waals surface area contributed by atoms with E-state index in [2.05, 4.69) is 0 Å². The lowest BCUT2D eigenvalue weighted by Gasteiger charge is -2.49. The molecule has 2 unspecified atom stereocenters. The van der Waals surface area contributed by atoms with Crippen molar-refractivity contribution in [2.24, 2.45) is 5.92 Å².